The number of hydrogen-bond donors (Lipinski definition) is 2. The third-order valence-electron chi connectivity index (χ3n) is 2.50. The number of rotatable bonds is 5. The zero-order valence-electron chi connectivity index (χ0n) is 11.0. The van der Waals surface area contributed by atoms with Gasteiger partial charge in [0.25, 0.3) is 6.47 Å². The van der Waals surface area contributed by atoms with Crippen molar-refractivity contribution in [3.8, 4) is 0 Å². The third kappa shape index (κ3) is 5.30. The molecule has 0 radical (unpaired) electrons. The van der Waals surface area contributed by atoms with Crippen molar-refractivity contribution in [3.63, 3.8) is 0 Å². The maximum Gasteiger partial charge on any atom is 0.290 e. The van der Waals surface area contributed by atoms with E-state index in [0.29, 0.717) is 0 Å². The summed E-state index contributed by atoms with van der Waals surface area (Å²) < 4.78 is 1.93. The Bertz CT molecular complexity index is 467. The van der Waals surface area contributed by atoms with Crippen LogP contribution in [-0.4, -0.2) is 54.8 Å². The van der Waals surface area contributed by atoms with Crippen LogP contribution in [0.15, 0.2) is 18.7 Å². The van der Waals surface area contributed by atoms with Gasteiger partial charge in [-0.3, -0.25) is 9.69 Å². The lowest BCUT2D eigenvalue weighted by Crippen LogP contribution is -2.22. The number of aromatic amines is 1. The molecule has 0 amide bonds. The Hall–Kier alpha value is -2.22. The summed E-state index contributed by atoms with van der Waals surface area (Å²) in [7, 11) is 4.02. The van der Waals surface area contributed by atoms with Crippen LogP contribution in [0, 0.1) is 0 Å². The Labute approximate surface area is 111 Å². The van der Waals surface area contributed by atoms with E-state index in [4.69, 9.17) is 9.90 Å². The standard InChI is InChI=1S/C10H16N6.CH2O2/c1-15(6-3-9-11-4-5-12-9)7-10-14-13-8-16(10)2;2-1-3/h4-5,8H,3,6-7H2,1-2H3,(H,11,12);1H,(H,2,3). The zero-order chi connectivity index (χ0) is 14.1. The Morgan fingerprint density at radius 3 is 2.84 bits per heavy atom. The minimum atomic E-state index is -0.250. The monoisotopic (exact) mass is 266 g/mol. The average molecular weight is 266 g/mol. The molecule has 0 aliphatic carbocycles. The van der Waals surface area contributed by atoms with Crippen molar-refractivity contribution in [2.45, 2.75) is 13.0 Å². The maximum absolute atomic E-state index is 8.36. The highest BCUT2D eigenvalue weighted by atomic mass is 16.3. The first kappa shape index (κ1) is 14.8. The van der Waals surface area contributed by atoms with Gasteiger partial charge in [0.15, 0.2) is 0 Å². The van der Waals surface area contributed by atoms with Crippen molar-refractivity contribution in [1.82, 2.24) is 29.6 Å². The van der Waals surface area contributed by atoms with Crippen LogP contribution in [-0.2, 0) is 24.8 Å². The number of aromatic nitrogens is 5. The number of nitrogens with one attached hydrogen (secondary N) is 1. The molecule has 0 atom stereocenters. The fraction of sp³-hybridized carbons (Fsp3) is 0.455. The Kier molecular flexibility index (Phi) is 6.23. The van der Waals surface area contributed by atoms with Gasteiger partial charge >= 0.3 is 0 Å². The second-order valence-electron chi connectivity index (χ2n) is 3.99. The van der Waals surface area contributed by atoms with Crippen LogP contribution >= 0.6 is 0 Å². The molecule has 0 aliphatic heterocycles. The Morgan fingerprint density at radius 2 is 2.32 bits per heavy atom. The van der Waals surface area contributed by atoms with E-state index in [1.165, 1.54) is 0 Å². The van der Waals surface area contributed by atoms with Gasteiger partial charge in [-0.25, -0.2) is 4.98 Å². The largest absolute Gasteiger partial charge is 0.483 e. The van der Waals surface area contributed by atoms with E-state index < -0.39 is 0 Å². The summed E-state index contributed by atoms with van der Waals surface area (Å²) in [6.45, 7) is 1.50. The number of carbonyl (C=O) groups is 1. The fourth-order valence-electron chi connectivity index (χ4n) is 1.50. The highest BCUT2D eigenvalue weighted by Gasteiger charge is 2.05. The second kappa shape index (κ2) is 7.98. The van der Waals surface area contributed by atoms with Crippen molar-refractivity contribution < 1.29 is 9.90 Å². The lowest BCUT2D eigenvalue weighted by Gasteiger charge is -2.14. The lowest BCUT2D eigenvalue weighted by molar-refractivity contribution is -0.122. The van der Waals surface area contributed by atoms with E-state index in [9.17, 15) is 0 Å². The fourth-order valence-corrected chi connectivity index (χ4v) is 1.50. The zero-order valence-corrected chi connectivity index (χ0v) is 11.0. The molecule has 0 aromatic carbocycles. The van der Waals surface area contributed by atoms with Crippen molar-refractivity contribution in [2.75, 3.05) is 13.6 Å². The minimum Gasteiger partial charge on any atom is -0.483 e. The van der Waals surface area contributed by atoms with Gasteiger partial charge in [-0.05, 0) is 7.05 Å². The van der Waals surface area contributed by atoms with Gasteiger partial charge in [0.05, 0.1) is 6.54 Å². The molecule has 0 saturated carbocycles. The summed E-state index contributed by atoms with van der Waals surface area (Å²) in [6.07, 6.45) is 6.26. The van der Waals surface area contributed by atoms with Gasteiger partial charge in [-0.2, -0.15) is 0 Å². The van der Waals surface area contributed by atoms with Crippen LogP contribution in [0.1, 0.15) is 11.6 Å². The molecule has 2 N–H and O–H groups in total. The molecule has 2 rings (SSSR count). The molecule has 0 spiro atoms. The number of likely N-dealkylation sites (N-methyl/N-ethyl adjacent to an activating group) is 1. The normalized spacial score (nSPS) is 10.1. The van der Waals surface area contributed by atoms with Crippen molar-refractivity contribution >= 4 is 6.47 Å². The van der Waals surface area contributed by atoms with Crippen molar-refractivity contribution in [3.05, 3.63) is 30.4 Å². The van der Waals surface area contributed by atoms with Crippen LogP contribution in [0.5, 0.6) is 0 Å². The minimum absolute atomic E-state index is 0.250. The average Bonchev–Trinajstić information content (AvgIpc) is 3.01. The van der Waals surface area contributed by atoms with E-state index >= 15 is 0 Å². The predicted octanol–water partition coefficient (Wildman–Crippen LogP) is -0.0865. The van der Waals surface area contributed by atoms with E-state index in [0.717, 1.165) is 31.2 Å². The molecule has 0 saturated heterocycles. The molecule has 2 aromatic rings. The first-order chi connectivity index (χ1) is 9.17. The van der Waals surface area contributed by atoms with Gasteiger partial charge in [0, 0.05) is 32.4 Å². The van der Waals surface area contributed by atoms with E-state index in [1.54, 1.807) is 12.5 Å². The number of imidazole rings is 1. The molecule has 8 nitrogen and oxygen atoms in total. The van der Waals surface area contributed by atoms with Crippen LogP contribution in [0.4, 0.5) is 0 Å². The first-order valence-corrected chi connectivity index (χ1v) is 5.75. The van der Waals surface area contributed by atoms with Crippen molar-refractivity contribution in [2.24, 2.45) is 7.05 Å². The first-order valence-electron chi connectivity index (χ1n) is 5.75. The van der Waals surface area contributed by atoms with Crippen LogP contribution < -0.4 is 0 Å². The summed E-state index contributed by atoms with van der Waals surface area (Å²) in [4.78, 5) is 17.8. The Morgan fingerprint density at radius 1 is 1.58 bits per heavy atom. The maximum atomic E-state index is 8.36. The molecule has 2 heterocycles. The molecule has 8 heteroatoms. The van der Waals surface area contributed by atoms with E-state index in [-0.39, 0.29) is 6.47 Å². The topological polar surface area (TPSA) is 99.9 Å². The Balaban J connectivity index is 0.000000550. The molecular formula is C11H18N6O2. The number of nitrogens with zero attached hydrogens (tertiary/aromatic N) is 5. The number of H-pyrrole nitrogens is 1. The number of aryl methyl sites for hydroxylation is 1. The lowest BCUT2D eigenvalue weighted by atomic mass is 10.3. The highest BCUT2D eigenvalue weighted by Crippen LogP contribution is 1.99. The quantitative estimate of drug-likeness (QED) is 0.734. The van der Waals surface area contributed by atoms with Gasteiger partial charge in [0.2, 0.25) is 0 Å². The van der Waals surface area contributed by atoms with Crippen LogP contribution in [0.3, 0.4) is 0 Å². The molecule has 2 aromatic heterocycles. The molecule has 19 heavy (non-hydrogen) atoms. The van der Waals surface area contributed by atoms with E-state index in [1.807, 2.05) is 17.8 Å². The predicted molar refractivity (Wildman–Crippen MR) is 68.3 cm³/mol. The summed E-state index contributed by atoms with van der Waals surface area (Å²) in [5.41, 5.74) is 0. The summed E-state index contributed by atoms with van der Waals surface area (Å²) >= 11 is 0. The third-order valence-corrected chi connectivity index (χ3v) is 2.50. The summed E-state index contributed by atoms with van der Waals surface area (Å²) in [5, 5.41) is 14.8. The van der Waals surface area contributed by atoms with Crippen LogP contribution in [0.25, 0.3) is 0 Å². The molecule has 104 valence electrons. The van der Waals surface area contributed by atoms with E-state index in [2.05, 4.69) is 32.1 Å². The number of hydrogen-bond acceptors (Lipinski definition) is 5. The van der Waals surface area contributed by atoms with Crippen molar-refractivity contribution in [1.29, 1.82) is 0 Å². The molecule has 0 unspecified atom stereocenters. The van der Waals surface area contributed by atoms with Gasteiger partial charge < -0.3 is 14.7 Å². The summed E-state index contributed by atoms with van der Waals surface area (Å²) in [5.74, 6) is 1.99. The highest BCUT2D eigenvalue weighted by molar-refractivity contribution is 5.32. The van der Waals surface area contributed by atoms with Gasteiger partial charge in [-0.1, -0.05) is 0 Å². The van der Waals surface area contributed by atoms with Gasteiger partial charge in [-0.15, -0.1) is 10.2 Å². The SMILES string of the molecule is CN(CCc1ncc[nH]1)Cc1nncn1C.O=CO. The number of carboxylic acid groups (broad SMARTS) is 1. The molecule has 0 bridgehead atoms. The van der Waals surface area contributed by atoms with Gasteiger partial charge in [0.1, 0.15) is 18.0 Å². The smallest absolute Gasteiger partial charge is 0.290 e. The summed E-state index contributed by atoms with van der Waals surface area (Å²) in [6, 6.07) is 0. The molecular weight excluding hydrogens is 248 g/mol. The van der Waals surface area contributed by atoms with Crippen LogP contribution in [0.2, 0.25) is 0 Å². The molecule has 0 aliphatic rings. The second-order valence-corrected chi connectivity index (χ2v) is 3.99. The molecule has 0 fully saturated rings.